The number of esters is 1. The van der Waals surface area contributed by atoms with Crippen molar-refractivity contribution in [3.63, 3.8) is 0 Å². The van der Waals surface area contributed by atoms with E-state index in [1.165, 1.54) is 25.8 Å². The number of benzene rings is 5. The fraction of sp³-hybridized carbons (Fsp3) is 0.356. The van der Waals surface area contributed by atoms with Gasteiger partial charge in [0.25, 0.3) is 5.91 Å². The average Bonchev–Trinajstić information content (AvgIpc) is 3.59. The summed E-state index contributed by atoms with van der Waals surface area (Å²) in [5.74, 6) is -12.1. The number of nitrogens with one attached hydrogen (secondary N) is 2. The summed E-state index contributed by atoms with van der Waals surface area (Å²) >= 11 is 9.34. The van der Waals surface area contributed by atoms with Crippen molar-refractivity contribution in [3.8, 4) is 11.1 Å². The summed E-state index contributed by atoms with van der Waals surface area (Å²) in [6.45, 7) is 13.3. The molecule has 1 aromatic heterocycles. The van der Waals surface area contributed by atoms with E-state index in [9.17, 15) is 55.0 Å². The first-order valence-electron chi connectivity index (χ1n) is 26.2. The number of rotatable bonds is 10. The lowest BCUT2D eigenvalue weighted by molar-refractivity contribution is -0.152. The van der Waals surface area contributed by atoms with Gasteiger partial charge in [0.2, 0.25) is 0 Å². The maximum atomic E-state index is 15.1. The van der Waals surface area contributed by atoms with Crippen LogP contribution in [-0.4, -0.2) is 96.1 Å². The molecule has 4 N–H and O–H groups in total. The maximum Gasteiger partial charge on any atom is 0.408 e. The van der Waals surface area contributed by atoms with Gasteiger partial charge < -0.3 is 35.4 Å². The predicted molar refractivity (Wildman–Crippen MR) is 299 cm³/mol. The largest absolute Gasteiger partial charge is 0.480 e. The number of hydrogen-bond donors (Lipinski definition) is 4. The number of ether oxygens (including phenoxy) is 1. The van der Waals surface area contributed by atoms with Crippen molar-refractivity contribution in [2.75, 3.05) is 36.5 Å². The minimum atomic E-state index is -4.52. The molecule has 13 nitrogen and oxygen atoms in total. The molecular formula is C59H57BrClF9N6O7. The summed E-state index contributed by atoms with van der Waals surface area (Å²) in [5.41, 5.74) is 0.208. The van der Waals surface area contributed by atoms with Crippen LogP contribution in [0.1, 0.15) is 108 Å². The molecule has 0 saturated carbocycles. The molecule has 3 aliphatic heterocycles. The zero-order valence-electron chi connectivity index (χ0n) is 45.0. The first-order valence-corrected chi connectivity index (χ1v) is 27.4. The average molecular weight is 1250 g/mol. The Labute approximate surface area is 485 Å². The number of piperidine rings is 3. The van der Waals surface area contributed by atoms with E-state index in [0.29, 0.717) is 75.5 Å². The number of amides is 1. The Morgan fingerprint density at radius 3 is 1.86 bits per heavy atom. The van der Waals surface area contributed by atoms with Gasteiger partial charge >= 0.3 is 24.1 Å². The minimum absolute atomic E-state index is 0.00940. The molecule has 0 unspecified atom stereocenters. The van der Waals surface area contributed by atoms with E-state index < -0.39 is 93.7 Å². The summed E-state index contributed by atoms with van der Waals surface area (Å²) in [7, 11) is 1.06. The van der Waals surface area contributed by atoms with Crippen molar-refractivity contribution in [1.29, 1.82) is 0 Å². The molecule has 3 fully saturated rings. The molecule has 0 aliphatic carbocycles. The molecular weight excluding hydrogens is 1190 g/mol. The number of fused-ring (bicyclic) bond motifs is 1. The summed E-state index contributed by atoms with van der Waals surface area (Å²) in [5, 5.41) is 25.3. The van der Waals surface area contributed by atoms with Gasteiger partial charge in [-0.25, -0.2) is 45.6 Å². The van der Waals surface area contributed by atoms with Crippen LogP contribution in [0.25, 0.3) is 26.9 Å². The number of carboxylic acid groups (broad SMARTS) is 2. The van der Waals surface area contributed by atoms with E-state index in [4.69, 9.17) is 23.3 Å². The predicted octanol–water partition coefficient (Wildman–Crippen LogP) is 14.4. The first kappa shape index (κ1) is 64.7. The van der Waals surface area contributed by atoms with Crippen LogP contribution in [0.3, 0.4) is 0 Å². The molecule has 5 aromatic carbocycles. The number of methoxy groups -OCH3 is 1. The fourth-order valence-corrected chi connectivity index (χ4v) is 10.5. The zero-order valence-corrected chi connectivity index (χ0v) is 47.3. The third-order valence-electron chi connectivity index (χ3n) is 14.1. The Hall–Kier alpha value is -7.42. The van der Waals surface area contributed by atoms with Crippen LogP contribution in [-0.2, 0) is 16.0 Å². The standard InChI is InChI=1S/C32H27ClF2N4O3.C13H12F5NO2.C8H5BrF2O2.C6H13N/c1-18-6-3-4-13-39(18)21-16-26(34)29(27(35)17-21)31(40)38-28(32(41)42)14-19-8-10-24(30-22(19)7-5-12-37-30)23-11-9-20(36-2)15-25(23)33;14-8-5-7(6-9(15)11(8)12(20)21)19-4-2-1-3-10(19)13(16,17)18;1-13-8(12)7-5(10)2-4(9)3-6(7)11;1-6-4-2-3-5-7-6/h5,7-12,15-18,28H,3-4,6,13-14H2,1H3,(H,38,40)(H,41,42);5-6,10H,1-4H2,(H,20,21);2-3H,1H3;6-7H,2-5H2,1H3/t18-,28-;10-;;6-/m01.0/s1. The highest BCUT2D eigenvalue weighted by Gasteiger charge is 2.45. The number of nitrogens with zero attached hydrogens (tertiary/aromatic N) is 4. The van der Waals surface area contributed by atoms with Gasteiger partial charge in [-0.1, -0.05) is 64.3 Å². The first-order chi connectivity index (χ1) is 39.3. The second-order valence-corrected chi connectivity index (χ2v) is 21.1. The summed E-state index contributed by atoms with van der Waals surface area (Å²) < 4.78 is 127. The quantitative estimate of drug-likeness (QED) is 0.0586. The van der Waals surface area contributed by atoms with Crippen LogP contribution < -0.4 is 20.4 Å². The number of anilines is 2. The van der Waals surface area contributed by atoms with Crippen molar-refractivity contribution in [1.82, 2.24) is 15.6 Å². The van der Waals surface area contributed by atoms with Crippen LogP contribution in [0.5, 0.6) is 0 Å². The summed E-state index contributed by atoms with van der Waals surface area (Å²) in [6.07, 6.45) is 4.62. The normalized spacial score (nSPS) is 17.2. The lowest BCUT2D eigenvalue weighted by Crippen LogP contribution is -2.48. The van der Waals surface area contributed by atoms with Crippen molar-refractivity contribution in [2.45, 2.75) is 108 Å². The molecule has 6 aromatic rings. The molecule has 0 bridgehead atoms. The summed E-state index contributed by atoms with van der Waals surface area (Å²) in [6, 6.07) is 14.9. The van der Waals surface area contributed by atoms with Gasteiger partial charge in [-0.05, 0) is 131 Å². The van der Waals surface area contributed by atoms with Crippen molar-refractivity contribution >= 4 is 79.3 Å². The van der Waals surface area contributed by atoms with E-state index in [2.05, 4.69) is 48.1 Å². The Kier molecular flexibility index (Phi) is 22.8. The van der Waals surface area contributed by atoms with Gasteiger partial charge in [-0.2, -0.15) is 13.2 Å². The minimum Gasteiger partial charge on any atom is -0.480 e. The van der Waals surface area contributed by atoms with Gasteiger partial charge in [0, 0.05) is 69.6 Å². The molecule has 0 spiro atoms. The second kappa shape index (κ2) is 29.2. The van der Waals surface area contributed by atoms with Crippen molar-refractivity contribution in [2.24, 2.45) is 0 Å². The highest BCUT2D eigenvalue weighted by molar-refractivity contribution is 9.10. The van der Waals surface area contributed by atoms with Crippen LogP contribution in [0.4, 0.5) is 56.6 Å². The molecule has 4 atom stereocenters. The highest BCUT2D eigenvalue weighted by atomic mass is 79.9. The molecule has 83 heavy (non-hydrogen) atoms. The monoisotopic (exact) mass is 1250 g/mol. The van der Waals surface area contributed by atoms with Crippen LogP contribution in [0.15, 0.2) is 89.5 Å². The Morgan fingerprint density at radius 2 is 1.34 bits per heavy atom. The smallest absolute Gasteiger partial charge is 0.408 e. The summed E-state index contributed by atoms with van der Waals surface area (Å²) in [4.78, 5) is 57.4. The third kappa shape index (κ3) is 16.7. The number of aromatic nitrogens is 1. The number of carbonyl (C=O) groups excluding carboxylic acids is 2. The molecule has 1 amide bonds. The zero-order chi connectivity index (χ0) is 60.9. The molecule has 24 heteroatoms. The number of halogens is 11. The highest BCUT2D eigenvalue weighted by Crippen LogP contribution is 2.38. The second-order valence-electron chi connectivity index (χ2n) is 19.8. The van der Waals surface area contributed by atoms with Gasteiger partial charge in [0.05, 0.1) is 19.2 Å². The van der Waals surface area contributed by atoms with E-state index in [0.717, 1.165) is 61.6 Å². The topological polar surface area (TPSA) is 166 Å². The van der Waals surface area contributed by atoms with Crippen LogP contribution in [0, 0.1) is 41.5 Å². The van der Waals surface area contributed by atoms with Gasteiger partial charge in [-0.3, -0.25) is 9.78 Å². The van der Waals surface area contributed by atoms with E-state index in [1.807, 2.05) is 11.8 Å². The fourth-order valence-electron chi connectivity index (χ4n) is 9.87. The Morgan fingerprint density at radius 1 is 0.771 bits per heavy atom. The maximum absolute atomic E-state index is 15.1. The Bertz CT molecular complexity index is 3310. The molecule has 3 aliphatic rings. The lowest BCUT2D eigenvalue weighted by Gasteiger charge is -2.38. The van der Waals surface area contributed by atoms with E-state index in [1.54, 1.807) is 48.7 Å². The third-order valence-corrected chi connectivity index (χ3v) is 14.8. The van der Waals surface area contributed by atoms with Gasteiger partial charge in [0.15, 0.2) is 5.69 Å². The van der Waals surface area contributed by atoms with Gasteiger partial charge in [0.1, 0.15) is 63.7 Å². The number of alkyl halides is 3. The van der Waals surface area contributed by atoms with Crippen molar-refractivity contribution in [3.05, 3.63) is 163 Å². The molecule has 0 radical (unpaired) electrons. The lowest BCUT2D eigenvalue weighted by atomic mass is 9.95. The number of pyridine rings is 1. The van der Waals surface area contributed by atoms with Crippen LogP contribution in [0.2, 0.25) is 5.02 Å². The molecule has 3 saturated heterocycles. The van der Waals surface area contributed by atoms with E-state index >= 15 is 8.78 Å². The Balaban J connectivity index is 0.000000221. The van der Waals surface area contributed by atoms with Gasteiger partial charge in [-0.15, -0.1) is 0 Å². The SMILES string of the molecule is COC(=O)c1c(F)cc(Br)cc1F.C[C@H]1CCCCN1.O=C(O)c1c(F)cc(N2CCCC[C@@H]2C(F)(F)F)cc1F.[C-]#[N+]c1ccc(-c2ccc(C[C@H](NC(=O)c3c(F)cc(N4CCCC[C@@H]4C)cc3F)C(=O)O)c3cccnc23)c(Cl)c1. The molecule has 4 heterocycles. The number of carboxylic acids is 2. The number of aliphatic carboxylic acids is 1. The molecule has 9 rings (SSSR count). The van der Waals surface area contributed by atoms with Crippen molar-refractivity contribution < 1.29 is 73.6 Å². The van der Waals surface area contributed by atoms with E-state index in [-0.39, 0.29) is 35.6 Å². The number of carbonyl (C=O) groups is 4. The number of aromatic carboxylic acids is 1. The number of hydrogen-bond acceptors (Lipinski definition) is 9. The molecule has 442 valence electrons. The van der Waals surface area contributed by atoms with Crippen LogP contribution >= 0.6 is 27.5 Å².